The molecule has 0 saturated heterocycles. The van der Waals surface area contributed by atoms with Crippen LogP contribution in [0, 0.1) is 29.1 Å². The Hall–Kier alpha value is -1.66. The van der Waals surface area contributed by atoms with E-state index in [1.54, 1.807) is 0 Å². The molecule has 106 valence electrons. The summed E-state index contributed by atoms with van der Waals surface area (Å²) in [5, 5.41) is -0.468. The van der Waals surface area contributed by atoms with Crippen molar-refractivity contribution in [3.63, 3.8) is 0 Å². The predicted molar refractivity (Wildman–Crippen MR) is 63.7 cm³/mol. The summed E-state index contributed by atoms with van der Waals surface area (Å²) in [6.07, 6.45) is 0. The van der Waals surface area contributed by atoms with Gasteiger partial charge in [0.1, 0.15) is 17.5 Å². The summed E-state index contributed by atoms with van der Waals surface area (Å²) >= 11 is 5.37. The highest BCUT2D eigenvalue weighted by Crippen LogP contribution is 2.29. The number of rotatable bonds is 2. The highest BCUT2D eigenvalue weighted by atomic mass is 35.5. The molecule has 1 atom stereocenters. The Morgan fingerprint density at radius 3 is 1.75 bits per heavy atom. The third-order valence-electron chi connectivity index (χ3n) is 2.75. The van der Waals surface area contributed by atoms with E-state index in [0.717, 1.165) is 0 Å². The molecule has 2 aromatic rings. The Labute approximate surface area is 115 Å². The summed E-state index contributed by atoms with van der Waals surface area (Å²) in [5.41, 5.74) is 4.66. The molecule has 0 aliphatic carbocycles. The summed E-state index contributed by atoms with van der Waals surface area (Å²) in [6, 6.07) is 0.639. The average Bonchev–Trinajstić information content (AvgIpc) is 2.37. The van der Waals surface area contributed by atoms with E-state index in [9.17, 15) is 22.0 Å². The van der Waals surface area contributed by atoms with Crippen LogP contribution < -0.4 is 5.73 Å². The van der Waals surface area contributed by atoms with Crippen molar-refractivity contribution >= 4 is 11.6 Å². The van der Waals surface area contributed by atoms with Gasteiger partial charge < -0.3 is 5.73 Å². The van der Waals surface area contributed by atoms with Crippen LogP contribution in [0.5, 0.6) is 0 Å². The van der Waals surface area contributed by atoms with Crippen LogP contribution in [0.1, 0.15) is 17.2 Å². The molecule has 0 radical (unpaired) electrons. The van der Waals surface area contributed by atoms with E-state index < -0.39 is 51.3 Å². The van der Waals surface area contributed by atoms with E-state index in [4.69, 9.17) is 17.3 Å². The summed E-state index contributed by atoms with van der Waals surface area (Å²) < 4.78 is 66.4. The number of nitrogens with two attached hydrogens (primary N) is 1. The van der Waals surface area contributed by atoms with Crippen molar-refractivity contribution in [1.29, 1.82) is 0 Å². The summed E-state index contributed by atoms with van der Waals surface area (Å²) in [5.74, 6) is -5.84. The van der Waals surface area contributed by atoms with Gasteiger partial charge in [0.25, 0.3) is 0 Å². The largest absolute Gasteiger partial charge is 0.320 e. The zero-order chi connectivity index (χ0) is 15.0. The third-order valence-corrected chi connectivity index (χ3v) is 3.04. The molecule has 0 amide bonds. The minimum Gasteiger partial charge on any atom is -0.320 e. The molecule has 0 heterocycles. The van der Waals surface area contributed by atoms with E-state index in [-0.39, 0.29) is 6.07 Å². The lowest BCUT2D eigenvalue weighted by Gasteiger charge is -2.15. The lowest BCUT2D eigenvalue weighted by molar-refractivity contribution is 0.486. The third kappa shape index (κ3) is 2.62. The number of hydrogen-bond donors (Lipinski definition) is 1. The molecule has 0 aliphatic heterocycles. The molecule has 2 rings (SSSR count). The first-order chi connectivity index (χ1) is 9.31. The van der Waals surface area contributed by atoms with Crippen molar-refractivity contribution in [2.45, 2.75) is 6.04 Å². The van der Waals surface area contributed by atoms with Gasteiger partial charge in [0, 0.05) is 17.2 Å². The molecule has 0 fully saturated rings. The fourth-order valence-electron chi connectivity index (χ4n) is 1.72. The van der Waals surface area contributed by atoms with Gasteiger partial charge >= 0.3 is 0 Å². The molecule has 1 nitrogen and oxygen atoms in total. The van der Waals surface area contributed by atoms with Gasteiger partial charge in [0.2, 0.25) is 0 Å². The van der Waals surface area contributed by atoms with Crippen LogP contribution in [0.25, 0.3) is 0 Å². The first kappa shape index (κ1) is 14.7. The molecule has 0 bridgehead atoms. The second kappa shape index (κ2) is 5.38. The molecule has 7 heteroatoms. The average molecular weight is 308 g/mol. The Morgan fingerprint density at radius 1 is 0.700 bits per heavy atom. The maximum atomic E-state index is 13.7. The summed E-state index contributed by atoms with van der Waals surface area (Å²) in [4.78, 5) is 0. The minimum atomic E-state index is -1.50. The van der Waals surface area contributed by atoms with Crippen molar-refractivity contribution in [3.05, 3.63) is 69.5 Å². The highest BCUT2D eigenvalue weighted by molar-refractivity contribution is 6.30. The fourth-order valence-corrected chi connectivity index (χ4v) is 1.87. The van der Waals surface area contributed by atoms with Crippen LogP contribution >= 0.6 is 11.6 Å². The quantitative estimate of drug-likeness (QED) is 0.656. The minimum absolute atomic E-state index is 0.286. The molecule has 20 heavy (non-hydrogen) atoms. The molecule has 0 saturated carbocycles. The molecule has 2 aromatic carbocycles. The lowest BCUT2D eigenvalue weighted by atomic mass is 9.98. The van der Waals surface area contributed by atoms with Crippen molar-refractivity contribution in [2.75, 3.05) is 0 Å². The Morgan fingerprint density at radius 2 is 1.15 bits per heavy atom. The normalized spacial score (nSPS) is 12.6. The molecule has 0 aromatic heterocycles. The maximum absolute atomic E-state index is 13.7. The Balaban J connectivity index is 2.54. The van der Waals surface area contributed by atoms with Gasteiger partial charge in [-0.05, 0) is 18.2 Å². The van der Waals surface area contributed by atoms with E-state index >= 15 is 0 Å². The zero-order valence-electron chi connectivity index (χ0n) is 9.73. The molecule has 2 N–H and O–H groups in total. The van der Waals surface area contributed by atoms with Crippen LogP contribution in [-0.2, 0) is 0 Å². The molecular weight excluding hydrogens is 301 g/mol. The van der Waals surface area contributed by atoms with Crippen molar-refractivity contribution in [1.82, 2.24) is 0 Å². The molecule has 1 unspecified atom stereocenters. The SMILES string of the molecule is NC(c1cc(F)c(F)cc1F)c1cc(F)c(Cl)cc1F. The Bertz CT molecular complexity index is 617. The lowest BCUT2D eigenvalue weighted by Crippen LogP contribution is -2.16. The second-order valence-electron chi connectivity index (χ2n) is 4.05. The van der Waals surface area contributed by atoms with Crippen LogP contribution in [0.3, 0.4) is 0 Å². The zero-order valence-corrected chi connectivity index (χ0v) is 10.5. The smallest absolute Gasteiger partial charge is 0.161 e. The van der Waals surface area contributed by atoms with E-state index in [2.05, 4.69) is 0 Å². The van der Waals surface area contributed by atoms with Gasteiger partial charge in [-0.3, -0.25) is 0 Å². The van der Waals surface area contributed by atoms with Crippen molar-refractivity contribution in [3.8, 4) is 0 Å². The topological polar surface area (TPSA) is 26.0 Å². The monoisotopic (exact) mass is 307 g/mol. The van der Waals surface area contributed by atoms with Gasteiger partial charge in [-0.2, -0.15) is 0 Å². The summed E-state index contributed by atoms with van der Waals surface area (Å²) in [6.45, 7) is 0. The van der Waals surface area contributed by atoms with Crippen LogP contribution in [0.2, 0.25) is 5.02 Å². The Kier molecular flexibility index (Phi) is 3.96. The number of benzene rings is 2. The fraction of sp³-hybridized carbons (Fsp3) is 0.0769. The van der Waals surface area contributed by atoms with Gasteiger partial charge in [-0.25, -0.2) is 22.0 Å². The molecule has 0 spiro atoms. The second-order valence-corrected chi connectivity index (χ2v) is 4.46. The van der Waals surface area contributed by atoms with Gasteiger partial charge in [-0.15, -0.1) is 0 Å². The van der Waals surface area contributed by atoms with E-state index in [0.29, 0.717) is 18.2 Å². The molecular formula is C13H7ClF5N. The van der Waals surface area contributed by atoms with Crippen LogP contribution in [-0.4, -0.2) is 0 Å². The standard InChI is InChI=1S/C13H7ClF5N/c14-7-3-8(15)5(1-10(7)17)13(20)6-2-11(18)12(19)4-9(6)16/h1-4,13H,20H2. The van der Waals surface area contributed by atoms with E-state index in [1.165, 1.54) is 0 Å². The predicted octanol–water partition coefficient (Wildman–Crippen LogP) is 4.08. The van der Waals surface area contributed by atoms with Gasteiger partial charge in [0.15, 0.2) is 11.6 Å². The first-order valence-corrected chi connectivity index (χ1v) is 5.73. The van der Waals surface area contributed by atoms with Crippen molar-refractivity contribution < 1.29 is 22.0 Å². The van der Waals surface area contributed by atoms with Gasteiger partial charge in [-0.1, -0.05) is 11.6 Å². The summed E-state index contributed by atoms with van der Waals surface area (Å²) in [7, 11) is 0. The number of hydrogen-bond acceptors (Lipinski definition) is 1. The van der Waals surface area contributed by atoms with Crippen LogP contribution in [0.15, 0.2) is 24.3 Å². The maximum Gasteiger partial charge on any atom is 0.161 e. The highest BCUT2D eigenvalue weighted by Gasteiger charge is 2.21. The van der Waals surface area contributed by atoms with Crippen molar-refractivity contribution in [2.24, 2.45) is 5.73 Å². The molecule has 0 aliphatic rings. The van der Waals surface area contributed by atoms with E-state index in [1.807, 2.05) is 0 Å². The van der Waals surface area contributed by atoms with Crippen LogP contribution in [0.4, 0.5) is 22.0 Å². The van der Waals surface area contributed by atoms with Gasteiger partial charge in [0.05, 0.1) is 11.1 Å². The number of halogens is 6. The first-order valence-electron chi connectivity index (χ1n) is 5.35.